The third-order valence-electron chi connectivity index (χ3n) is 1.94. The number of carbonyl (C=O) groups excluding carboxylic acids is 1. The lowest BCUT2D eigenvalue weighted by Gasteiger charge is -2.07. The summed E-state index contributed by atoms with van der Waals surface area (Å²) in [5, 5.41) is 2.52. The number of hydrogen-bond acceptors (Lipinski definition) is 3. The van der Waals surface area contributed by atoms with Crippen LogP contribution < -0.4 is 16.5 Å². The van der Waals surface area contributed by atoms with E-state index in [0.29, 0.717) is 17.4 Å². The molecule has 3 N–H and O–H groups in total. The van der Waals surface area contributed by atoms with E-state index in [4.69, 9.17) is 5.73 Å². The van der Waals surface area contributed by atoms with E-state index < -0.39 is 0 Å². The molecular formula is C9H12BrN3O2. The van der Waals surface area contributed by atoms with Crippen molar-refractivity contribution in [2.45, 2.75) is 13.0 Å². The highest BCUT2D eigenvalue weighted by Crippen LogP contribution is 2.06. The van der Waals surface area contributed by atoms with Gasteiger partial charge in [-0.05, 0) is 15.9 Å². The summed E-state index contributed by atoms with van der Waals surface area (Å²) in [6.07, 6.45) is 3.49. The van der Waals surface area contributed by atoms with Crippen molar-refractivity contribution < 1.29 is 4.79 Å². The fourth-order valence-corrected chi connectivity index (χ4v) is 1.59. The molecule has 5 nitrogen and oxygen atoms in total. The van der Waals surface area contributed by atoms with Crippen LogP contribution in [0, 0.1) is 0 Å². The van der Waals surface area contributed by atoms with E-state index in [1.807, 2.05) is 0 Å². The largest absolute Gasteiger partial charge is 0.394 e. The molecule has 1 aromatic rings. The van der Waals surface area contributed by atoms with Crippen molar-refractivity contribution in [1.29, 1.82) is 0 Å². The smallest absolute Gasteiger partial charge is 0.221 e. The lowest BCUT2D eigenvalue weighted by molar-refractivity contribution is -0.120. The van der Waals surface area contributed by atoms with Gasteiger partial charge in [-0.15, -0.1) is 0 Å². The van der Waals surface area contributed by atoms with Crippen LogP contribution in [0.15, 0.2) is 21.7 Å². The zero-order valence-electron chi connectivity index (χ0n) is 8.29. The third kappa shape index (κ3) is 3.09. The van der Waals surface area contributed by atoms with Crippen LogP contribution in [-0.4, -0.2) is 17.5 Å². The van der Waals surface area contributed by atoms with Crippen LogP contribution in [0.25, 0.3) is 0 Å². The van der Waals surface area contributed by atoms with Gasteiger partial charge in [0.15, 0.2) is 0 Å². The van der Waals surface area contributed by atoms with Crippen LogP contribution >= 0.6 is 15.9 Å². The molecule has 0 saturated carbocycles. The fourth-order valence-electron chi connectivity index (χ4n) is 1.10. The van der Waals surface area contributed by atoms with Gasteiger partial charge in [0, 0.05) is 32.4 Å². The number of nitrogen functional groups attached to an aromatic ring is 1. The Hall–Kier alpha value is -1.30. The molecule has 0 aromatic carbocycles. The molecule has 0 fully saturated rings. The van der Waals surface area contributed by atoms with Crippen LogP contribution in [0.4, 0.5) is 5.69 Å². The molecule has 0 bridgehead atoms. The Kier molecular flexibility index (Phi) is 3.90. The van der Waals surface area contributed by atoms with Gasteiger partial charge in [-0.1, -0.05) is 0 Å². The van der Waals surface area contributed by atoms with Crippen molar-refractivity contribution in [3.63, 3.8) is 0 Å². The number of aromatic nitrogens is 1. The average Bonchev–Trinajstić information content (AvgIpc) is 2.22. The first kappa shape index (κ1) is 11.8. The molecule has 0 spiro atoms. The maximum absolute atomic E-state index is 11.3. The number of nitrogens with two attached hydrogens (primary N) is 1. The molecule has 0 aliphatic rings. The molecule has 6 heteroatoms. The van der Waals surface area contributed by atoms with Crippen LogP contribution in [0.5, 0.6) is 0 Å². The number of aryl methyl sites for hydroxylation is 1. The van der Waals surface area contributed by atoms with E-state index in [9.17, 15) is 9.59 Å². The molecule has 82 valence electrons. The molecular weight excluding hydrogens is 262 g/mol. The number of carbonyl (C=O) groups is 1. The first-order valence-corrected chi connectivity index (χ1v) is 5.19. The molecule has 0 unspecified atom stereocenters. The number of nitrogens with zero attached hydrogens (tertiary/aromatic N) is 1. The topological polar surface area (TPSA) is 77.1 Å². The number of pyridine rings is 1. The normalized spacial score (nSPS) is 10.0. The minimum atomic E-state index is -0.230. The van der Waals surface area contributed by atoms with Gasteiger partial charge < -0.3 is 15.6 Å². The van der Waals surface area contributed by atoms with Crippen molar-refractivity contribution in [3.8, 4) is 0 Å². The number of hydrogen-bond donors (Lipinski definition) is 2. The van der Waals surface area contributed by atoms with Crippen LogP contribution in [-0.2, 0) is 11.3 Å². The van der Waals surface area contributed by atoms with E-state index >= 15 is 0 Å². The van der Waals surface area contributed by atoms with Crippen molar-refractivity contribution in [1.82, 2.24) is 9.88 Å². The Morgan fingerprint density at radius 2 is 2.27 bits per heavy atom. The minimum Gasteiger partial charge on any atom is -0.394 e. The Labute approximate surface area is 95.4 Å². The monoisotopic (exact) mass is 273 g/mol. The summed E-state index contributed by atoms with van der Waals surface area (Å²) in [5.74, 6) is -0.0524. The van der Waals surface area contributed by atoms with Crippen LogP contribution in [0.2, 0.25) is 0 Å². The second kappa shape index (κ2) is 4.97. The molecule has 0 atom stereocenters. The highest BCUT2D eigenvalue weighted by molar-refractivity contribution is 9.10. The summed E-state index contributed by atoms with van der Waals surface area (Å²) in [4.78, 5) is 22.2. The molecule has 1 amide bonds. The lowest BCUT2D eigenvalue weighted by Crippen LogP contribution is -2.20. The summed E-state index contributed by atoms with van der Waals surface area (Å²) in [6.45, 7) is 0.489. The van der Waals surface area contributed by atoms with Gasteiger partial charge in [0.1, 0.15) is 0 Å². The van der Waals surface area contributed by atoms with Crippen LogP contribution in [0.3, 0.4) is 0 Å². The quantitative estimate of drug-likeness (QED) is 0.833. The molecule has 1 heterocycles. The van der Waals surface area contributed by atoms with Crippen molar-refractivity contribution in [2.75, 3.05) is 12.8 Å². The minimum absolute atomic E-state index is 0.0524. The Morgan fingerprint density at radius 1 is 1.60 bits per heavy atom. The second-order valence-corrected chi connectivity index (χ2v) is 3.91. The SMILES string of the molecule is CNC(=O)CCn1cc(N)c(=O)c(Br)c1. The number of nitrogens with one attached hydrogen (secondary N) is 1. The van der Waals surface area contributed by atoms with E-state index in [0.717, 1.165) is 0 Å². The number of rotatable bonds is 3. The maximum Gasteiger partial charge on any atom is 0.221 e. The Bertz CT molecular complexity index is 402. The van der Waals surface area contributed by atoms with E-state index in [2.05, 4.69) is 21.2 Å². The van der Waals surface area contributed by atoms with Gasteiger partial charge in [0.05, 0.1) is 10.2 Å². The molecule has 1 aromatic heterocycles. The predicted octanol–water partition coefficient (Wildman–Crippen LogP) is 0.329. The molecule has 15 heavy (non-hydrogen) atoms. The molecule has 0 radical (unpaired) electrons. The van der Waals surface area contributed by atoms with E-state index in [1.54, 1.807) is 17.8 Å². The molecule has 1 rings (SSSR count). The first-order valence-electron chi connectivity index (χ1n) is 4.40. The van der Waals surface area contributed by atoms with Gasteiger partial charge in [-0.3, -0.25) is 9.59 Å². The number of amides is 1. The van der Waals surface area contributed by atoms with E-state index in [-0.39, 0.29) is 17.0 Å². The summed E-state index contributed by atoms with van der Waals surface area (Å²) in [7, 11) is 1.58. The summed E-state index contributed by atoms with van der Waals surface area (Å²) >= 11 is 3.11. The number of anilines is 1. The van der Waals surface area contributed by atoms with Gasteiger partial charge >= 0.3 is 0 Å². The van der Waals surface area contributed by atoms with Gasteiger partial charge in [0.25, 0.3) is 0 Å². The lowest BCUT2D eigenvalue weighted by atomic mass is 10.3. The van der Waals surface area contributed by atoms with Crippen molar-refractivity contribution >= 4 is 27.5 Å². The highest BCUT2D eigenvalue weighted by Gasteiger charge is 2.03. The molecule has 0 saturated heterocycles. The standard InChI is InChI=1S/C9H12BrN3O2/c1-12-8(14)2-3-13-4-6(10)9(15)7(11)5-13/h4-5H,2-3,11H2,1H3,(H,12,14). The number of halogens is 1. The zero-order valence-corrected chi connectivity index (χ0v) is 9.87. The Morgan fingerprint density at radius 3 is 2.80 bits per heavy atom. The highest BCUT2D eigenvalue weighted by atomic mass is 79.9. The zero-order chi connectivity index (χ0) is 11.4. The Balaban J connectivity index is 2.79. The maximum atomic E-state index is 11.3. The summed E-state index contributed by atoms with van der Waals surface area (Å²) in [6, 6.07) is 0. The van der Waals surface area contributed by atoms with Gasteiger partial charge in [0.2, 0.25) is 11.3 Å². The van der Waals surface area contributed by atoms with Gasteiger partial charge in [-0.25, -0.2) is 0 Å². The fraction of sp³-hybridized carbons (Fsp3) is 0.333. The van der Waals surface area contributed by atoms with E-state index in [1.165, 1.54) is 6.20 Å². The summed E-state index contributed by atoms with van der Waals surface area (Å²) < 4.78 is 2.11. The van der Waals surface area contributed by atoms with Crippen molar-refractivity contribution in [2.24, 2.45) is 0 Å². The summed E-state index contributed by atoms with van der Waals surface area (Å²) in [5.41, 5.74) is 5.43. The van der Waals surface area contributed by atoms with Gasteiger partial charge in [-0.2, -0.15) is 0 Å². The third-order valence-corrected chi connectivity index (χ3v) is 2.50. The second-order valence-electron chi connectivity index (χ2n) is 3.05. The van der Waals surface area contributed by atoms with Crippen molar-refractivity contribution in [3.05, 3.63) is 27.1 Å². The van der Waals surface area contributed by atoms with Crippen LogP contribution in [0.1, 0.15) is 6.42 Å². The molecule has 0 aliphatic carbocycles. The molecule has 0 aliphatic heterocycles. The average molecular weight is 274 g/mol. The predicted molar refractivity (Wildman–Crippen MR) is 61.5 cm³/mol. The first-order chi connectivity index (χ1) is 7.04.